The number of halogens is 1. The van der Waals surface area contributed by atoms with Crippen LogP contribution in [0.5, 0.6) is 0 Å². The third kappa shape index (κ3) is 10.1. The van der Waals surface area contributed by atoms with E-state index >= 15 is 0 Å². The van der Waals surface area contributed by atoms with Crippen molar-refractivity contribution in [2.24, 2.45) is 0 Å². The second-order valence-electron chi connectivity index (χ2n) is 3.39. The Balaban J connectivity index is 2.95. The van der Waals surface area contributed by atoms with E-state index in [1.807, 2.05) is 22.9 Å². The van der Waals surface area contributed by atoms with Crippen molar-refractivity contribution in [1.82, 2.24) is 3.53 Å². The van der Waals surface area contributed by atoms with Crippen molar-refractivity contribution in [3.05, 3.63) is 0 Å². The minimum absolute atomic E-state index is 0.161. The summed E-state index contributed by atoms with van der Waals surface area (Å²) in [7, 11) is 0. The van der Waals surface area contributed by atoms with Gasteiger partial charge in [0.25, 0.3) is 0 Å². The minimum Gasteiger partial charge on any atom is -0.299 e. The summed E-state index contributed by atoms with van der Waals surface area (Å²) >= 11 is 1.89. The van der Waals surface area contributed by atoms with Crippen molar-refractivity contribution >= 4 is 28.8 Å². The van der Waals surface area contributed by atoms with Crippen LogP contribution in [0.25, 0.3) is 0 Å². The van der Waals surface area contributed by atoms with Crippen molar-refractivity contribution in [3.8, 4) is 0 Å². The van der Waals surface area contributed by atoms with Crippen LogP contribution in [0.3, 0.4) is 0 Å². The third-order valence-electron chi connectivity index (χ3n) is 2.11. The van der Waals surface area contributed by atoms with Gasteiger partial charge in [-0.25, -0.2) is 0 Å². The van der Waals surface area contributed by atoms with E-state index in [0.29, 0.717) is 6.42 Å². The largest absolute Gasteiger partial charge is 0.299 e. The molecule has 0 unspecified atom stereocenters. The van der Waals surface area contributed by atoms with Gasteiger partial charge >= 0.3 is 0 Å². The Morgan fingerprint density at radius 1 is 1.08 bits per heavy atom. The van der Waals surface area contributed by atoms with Gasteiger partial charge in [0.2, 0.25) is 5.91 Å². The van der Waals surface area contributed by atoms with Crippen molar-refractivity contribution in [2.75, 3.05) is 0 Å². The summed E-state index contributed by atoms with van der Waals surface area (Å²) in [5, 5.41) is 0. The van der Waals surface area contributed by atoms with E-state index in [2.05, 4.69) is 10.5 Å². The minimum atomic E-state index is 0.161. The van der Waals surface area contributed by atoms with Crippen LogP contribution < -0.4 is 3.53 Å². The van der Waals surface area contributed by atoms with Crippen LogP contribution in [-0.2, 0) is 4.79 Å². The Labute approximate surface area is 95.4 Å². The van der Waals surface area contributed by atoms with E-state index in [0.717, 1.165) is 6.42 Å². The fraction of sp³-hybridized carbons (Fsp3) is 0.900. The SMILES string of the molecule is CCCCCCCCCC(=O)NI. The predicted molar refractivity (Wildman–Crippen MR) is 64.8 cm³/mol. The van der Waals surface area contributed by atoms with Crippen LogP contribution in [0.2, 0.25) is 0 Å². The lowest BCUT2D eigenvalue weighted by atomic mass is 10.1. The maximum Gasteiger partial charge on any atom is 0.228 e. The molecule has 0 spiro atoms. The number of amides is 1. The van der Waals surface area contributed by atoms with Gasteiger partial charge in [-0.15, -0.1) is 0 Å². The molecule has 2 nitrogen and oxygen atoms in total. The van der Waals surface area contributed by atoms with E-state index in [4.69, 9.17) is 0 Å². The highest BCUT2D eigenvalue weighted by Crippen LogP contribution is 2.08. The predicted octanol–water partition coefficient (Wildman–Crippen LogP) is 3.59. The molecule has 1 N–H and O–H groups in total. The highest BCUT2D eigenvalue weighted by atomic mass is 127. The van der Waals surface area contributed by atoms with Crippen molar-refractivity contribution < 1.29 is 4.79 Å². The van der Waals surface area contributed by atoms with Gasteiger partial charge in [0.1, 0.15) is 0 Å². The Morgan fingerprint density at radius 3 is 2.15 bits per heavy atom. The zero-order chi connectivity index (χ0) is 9.94. The number of carbonyl (C=O) groups excluding carboxylic acids is 1. The molecule has 0 atom stereocenters. The number of rotatable bonds is 8. The Hall–Kier alpha value is 0.200. The average Bonchev–Trinajstić information content (AvgIpc) is 2.16. The van der Waals surface area contributed by atoms with Crippen molar-refractivity contribution in [3.63, 3.8) is 0 Å². The number of hydrogen-bond acceptors (Lipinski definition) is 1. The molecule has 0 aromatic heterocycles. The first-order valence-corrected chi connectivity index (χ1v) is 6.28. The fourth-order valence-electron chi connectivity index (χ4n) is 1.29. The monoisotopic (exact) mass is 297 g/mol. The quantitative estimate of drug-likeness (QED) is 0.414. The number of nitrogens with one attached hydrogen (secondary N) is 1. The number of carbonyl (C=O) groups is 1. The van der Waals surface area contributed by atoms with E-state index in [9.17, 15) is 4.79 Å². The van der Waals surface area contributed by atoms with Crippen LogP contribution in [-0.4, -0.2) is 5.91 Å². The molecular weight excluding hydrogens is 277 g/mol. The molecule has 0 heterocycles. The molecule has 0 aliphatic carbocycles. The molecule has 0 aliphatic rings. The van der Waals surface area contributed by atoms with Crippen LogP contribution in [0.1, 0.15) is 58.3 Å². The molecule has 0 aromatic rings. The smallest absolute Gasteiger partial charge is 0.228 e. The molecule has 1 amide bonds. The second-order valence-corrected chi connectivity index (χ2v) is 3.93. The zero-order valence-corrected chi connectivity index (χ0v) is 10.6. The molecule has 78 valence electrons. The third-order valence-corrected chi connectivity index (χ3v) is 2.71. The van der Waals surface area contributed by atoms with Gasteiger partial charge in [-0.1, -0.05) is 45.4 Å². The zero-order valence-electron chi connectivity index (χ0n) is 8.44. The maximum atomic E-state index is 10.8. The first-order valence-electron chi connectivity index (χ1n) is 5.20. The van der Waals surface area contributed by atoms with Crippen LogP contribution in [0, 0.1) is 0 Å². The molecule has 13 heavy (non-hydrogen) atoms. The van der Waals surface area contributed by atoms with Crippen LogP contribution >= 0.6 is 22.9 Å². The molecule has 0 bridgehead atoms. The van der Waals surface area contributed by atoms with Gasteiger partial charge in [-0.2, -0.15) is 0 Å². The lowest BCUT2D eigenvalue weighted by molar-refractivity contribution is -0.118. The summed E-state index contributed by atoms with van der Waals surface area (Å²) in [6, 6.07) is 0. The molecule has 0 rings (SSSR count). The summed E-state index contributed by atoms with van der Waals surface area (Å²) < 4.78 is 2.61. The molecule has 0 saturated heterocycles. The lowest BCUT2D eigenvalue weighted by Crippen LogP contribution is -2.10. The van der Waals surface area contributed by atoms with Crippen molar-refractivity contribution in [2.45, 2.75) is 58.3 Å². The second kappa shape index (κ2) is 10.3. The molecule has 0 fully saturated rings. The van der Waals surface area contributed by atoms with Gasteiger partial charge < -0.3 is 0 Å². The Kier molecular flexibility index (Phi) is 10.4. The summed E-state index contributed by atoms with van der Waals surface area (Å²) in [6.45, 7) is 2.23. The van der Waals surface area contributed by atoms with E-state index in [-0.39, 0.29) is 5.91 Å². The van der Waals surface area contributed by atoms with E-state index in [1.165, 1.54) is 38.5 Å². The van der Waals surface area contributed by atoms with Gasteiger partial charge in [-0.3, -0.25) is 8.32 Å². The van der Waals surface area contributed by atoms with Gasteiger partial charge in [-0.05, 0) is 6.42 Å². The van der Waals surface area contributed by atoms with Crippen molar-refractivity contribution in [1.29, 1.82) is 0 Å². The standard InChI is InChI=1S/C10H20INO/c1-2-3-4-5-6-7-8-9-10(13)12-11/h2-9H2,1H3,(H,12,13). The highest BCUT2D eigenvalue weighted by Gasteiger charge is 1.97. The average molecular weight is 297 g/mol. The lowest BCUT2D eigenvalue weighted by Gasteiger charge is -2.00. The van der Waals surface area contributed by atoms with Gasteiger partial charge in [0.05, 0.1) is 22.9 Å². The summed E-state index contributed by atoms with van der Waals surface area (Å²) in [5.41, 5.74) is 0. The molecule has 0 radical (unpaired) electrons. The molecule has 0 saturated carbocycles. The molecule has 0 aromatic carbocycles. The molecule has 3 heteroatoms. The summed E-state index contributed by atoms with van der Waals surface area (Å²) in [5.74, 6) is 0.161. The topological polar surface area (TPSA) is 29.1 Å². The highest BCUT2D eigenvalue weighted by molar-refractivity contribution is 14.1. The van der Waals surface area contributed by atoms with Crippen LogP contribution in [0.15, 0.2) is 0 Å². The van der Waals surface area contributed by atoms with Gasteiger partial charge in [0.15, 0.2) is 0 Å². The maximum absolute atomic E-state index is 10.8. The normalized spacial score (nSPS) is 10.0. The van der Waals surface area contributed by atoms with E-state index in [1.54, 1.807) is 0 Å². The molecule has 0 aliphatic heterocycles. The summed E-state index contributed by atoms with van der Waals surface area (Å²) in [6.07, 6.45) is 9.57. The summed E-state index contributed by atoms with van der Waals surface area (Å²) in [4.78, 5) is 10.8. The number of hydrogen-bond donors (Lipinski definition) is 1. The first-order chi connectivity index (χ1) is 6.31. The Morgan fingerprint density at radius 2 is 1.62 bits per heavy atom. The molecular formula is C10H20INO. The van der Waals surface area contributed by atoms with Crippen LogP contribution in [0.4, 0.5) is 0 Å². The fourth-order valence-corrected chi connectivity index (χ4v) is 1.56. The Bertz CT molecular complexity index is 128. The van der Waals surface area contributed by atoms with E-state index < -0.39 is 0 Å². The first kappa shape index (κ1) is 13.2. The number of unbranched alkanes of at least 4 members (excludes halogenated alkanes) is 6. The van der Waals surface area contributed by atoms with Gasteiger partial charge in [0, 0.05) is 6.42 Å².